The Labute approximate surface area is 142 Å². The van der Waals surface area contributed by atoms with Crippen LogP contribution in [0.15, 0.2) is 24.3 Å². The summed E-state index contributed by atoms with van der Waals surface area (Å²) in [5, 5.41) is 0. The van der Waals surface area contributed by atoms with Crippen molar-refractivity contribution in [3.8, 4) is 5.75 Å². The number of piperazine rings is 1. The highest BCUT2D eigenvalue weighted by Gasteiger charge is 2.31. The molecule has 0 spiro atoms. The summed E-state index contributed by atoms with van der Waals surface area (Å²) in [5.74, 6) is -0.0814. The first-order valence-electron chi connectivity index (χ1n) is 8.05. The molecule has 6 nitrogen and oxygen atoms in total. The van der Waals surface area contributed by atoms with Gasteiger partial charge in [0.25, 0.3) is 5.91 Å². The highest BCUT2D eigenvalue weighted by Crippen LogP contribution is 2.20. The molecule has 1 saturated heterocycles. The second kappa shape index (κ2) is 7.03. The van der Waals surface area contributed by atoms with Crippen molar-refractivity contribution in [2.75, 3.05) is 26.2 Å². The lowest BCUT2D eigenvalue weighted by atomic mass is 9.94. The first kappa shape index (κ1) is 18.0. The second-order valence-corrected chi connectivity index (χ2v) is 6.96. The molecule has 0 aromatic heterocycles. The van der Waals surface area contributed by atoms with Crippen LogP contribution in [0, 0.1) is 5.41 Å². The molecule has 0 saturated carbocycles. The lowest BCUT2D eigenvalue weighted by Crippen LogP contribution is -2.53. The predicted molar refractivity (Wildman–Crippen MR) is 89.7 cm³/mol. The molecule has 1 aromatic rings. The van der Waals surface area contributed by atoms with Crippen LogP contribution in [0.2, 0.25) is 0 Å². The van der Waals surface area contributed by atoms with Crippen LogP contribution in [0.5, 0.6) is 5.75 Å². The van der Waals surface area contributed by atoms with Gasteiger partial charge in [0.15, 0.2) is 0 Å². The molecule has 1 aliphatic heterocycles. The summed E-state index contributed by atoms with van der Waals surface area (Å²) < 4.78 is 5.02. The third kappa shape index (κ3) is 4.34. The van der Waals surface area contributed by atoms with E-state index in [1.54, 1.807) is 34.1 Å². The topological polar surface area (TPSA) is 66.9 Å². The smallest absolute Gasteiger partial charge is 0.308 e. The van der Waals surface area contributed by atoms with Gasteiger partial charge in [0.1, 0.15) is 5.75 Å². The molecule has 1 aliphatic rings. The van der Waals surface area contributed by atoms with Gasteiger partial charge in [-0.2, -0.15) is 0 Å². The molecule has 6 heteroatoms. The fourth-order valence-corrected chi connectivity index (χ4v) is 2.63. The van der Waals surface area contributed by atoms with Gasteiger partial charge in [-0.3, -0.25) is 14.4 Å². The van der Waals surface area contributed by atoms with Gasteiger partial charge in [-0.05, 0) is 18.2 Å². The van der Waals surface area contributed by atoms with Crippen LogP contribution in [0.4, 0.5) is 0 Å². The van der Waals surface area contributed by atoms with Gasteiger partial charge in [0.2, 0.25) is 5.91 Å². The van der Waals surface area contributed by atoms with Crippen molar-refractivity contribution in [1.29, 1.82) is 0 Å². The van der Waals surface area contributed by atoms with E-state index in [-0.39, 0.29) is 11.8 Å². The Morgan fingerprint density at radius 3 is 2.12 bits per heavy atom. The zero-order chi connectivity index (χ0) is 17.9. The molecular formula is C18H24N2O4. The van der Waals surface area contributed by atoms with E-state index in [2.05, 4.69) is 0 Å². The summed E-state index contributed by atoms with van der Waals surface area (Å²) in [6.45, 7) is 9.07. The van der Waals surface area contributed by atoms with Crippen molar-refractivity contribution in [3.63, 3.8) is 0 Å². The summed E-state index contributed by atoms with van der Waals surface area (Å²) >= 11 is 0. The fraction of sp³-hybridized carbons (Fsp3) is 0.500. The zero-order valence-electron chi connectivity index (χ0n) is 14.7. The third-order valence-corrected chi connectivity index (χ3v) is 3.84. The molecule has 0 atom stereocenters. The van der Waals surface area contributed by atoms with E-state index < -0.39 is 11.4 Å². The van der Waals surface area contributed by atoms with Crippen LogP contribution < -0.4 is 4.74 Å². The molecule has 2 rings (SSSR count). The average molecular weight is 332 g/mol. The van der Waals surface area contributed by atoms with Crippen molar-refractivity contribution in [2.24, 2.45) is 5.41 Å². The van der Waals surface area contributed by atoms with Crippen LogP contribution in [-0.2, 0) is 9.59 Å². The Bertz CT molecular complexity index is 641. The summed E-state index contributed by atoms with van der Waals surface area (Å²) in [5.41, 5.74) is 0.0641. The molecule has 1 fully saturated rings. The number of nitrogens with zero attached hydrogens (tertiary/aromatic N) is 2. The molecule has 0 aliphatic carbocycles. The highest BCUT2D eigenvalue weighted by molar-refractivity contribution is 5.95. The van der Waals surface area contributed by atoms with Crippen molar-refractivity contribution >= 4 is 17.8 Å². The first-order valence-corrected chi connectivity index (χ1v) is 8.05. The van der Waals surface area contributed by atoms with E-state index in [9.17, 15) is 14.4 Å². The fourth-order valence-electron chi connectivity index (χ4n) is 2.63. The van der Waals surface area contributed by atoms with Gasteiger partial charge in [0.05, 0.1) is 0 Å². The van der Waals surface area contributed by atoms with E-state index in [1.807, 2.05) is 20.8 Å². The van der Waals surface area contributed by atoms with Gasteiger partial charge < -0.3 is 14.5 Å². The first-order chi connectivity index (χ1) is 11.2. The largest absolute Gasteiger partial charge is 0.427 e. The maximum atomic E-state index is 12.6. The number of carbonyl (C=O) groups excluding carboxylic acids is 3. The van der Waals surface area contributed by atoms with Crippen molar-refractivity contribution in [3.05, 3.63) is 29.8 Å². The number of rotatable bonds is 2. The van der Waals surface area contributed by atoms with E-state index in [1.165, 1.54) is 6.92 Å². The van der Waals surface area contributed by atoms with E-state index >= 15 is 0 Å². The number of benzene rings is 1. The molecule has 1 heterocycles. The Hall–Kier alpha value is -2.37. The van der Waals surface area contributed by atoms with E-state index in [4.69, 9.17) is 4.74 Å². The monoisotopic (exact) mass is 332 g/mol. The van der Waals surface area contributed by atoms with Crippen LogP contribution >= 0.6 is 0 Å². The molecule has 130 valence electrons. The molecule has 1 aromatic carbocycles. The summed E-state index contributed by atoms with van der Waals surface area (Å²) in [6.07, 6.45) is 0. The van der Waals surface area contributed by atoms with Gasteiger partial charge in [0, 0.05) is 44.1 Å². The Morgan fingerprint density at radius 2 is 1.58 bits per heavy atom. The van der Waals surface area contributed by atoms with Crippen molar-refractivity contribution in [2.45, 2.75) is 27.7 Å². The molecule has 0 unspecified atom stereocenters. The Kier molecular flexibility index (Phi) is 5.26. The van der Waals surface area contributed by atoms with Gasteiger partial charge in [-0.25, -0.2) is 0 Å². The number of amides is 2. The average Bonchev–Trinajstić information content (AvgIpc) is 2.52. The Morgan fingerprint density at radius 1 is 1.00 bits per heavy atom. The maximum absolute atomic E-state index is 12.6. The number of ether oxygens (including phenoxy) is 1. The number of hydrogen-bond donors (Lipinski definition) is 0. The molecule has 2 amide bonds. The minimum absolute atomic E-state index is 0.103. The summed E-state index contributed by atoms with van der Waals surface area (Å²) in [4.78, 5) is 39.4. The minimum atomic E-state index is -0.422. The van der Waals surface area contributed by atoms with Crippen LogP contribution in [0.25, 0.3) is 0 Å². The van der Waals surface area contributed by atoms with Gasteiger partial charge in [-0.1, -0.05) is 26.8 Å². The number of hydrogen-bond acceptors (Lipinski definition) is 4. The lowest BCUT2D eigenvalue weighted by molar-refractivity contribution is -0.141. The van der Waals surface area contributed by atoms with E-state index in [0.29, 0.717) is 37.5 Å². The second-order valence-electron chi connectivity index (χ2n) is 6.96. The van der Waals surface area contributed by atoms with Crippen molar-refractivity contribution < 1.29 is 19.1 Å². The minimum Gasteiger partial charge on any atom is -0.427 e. The zero-order valence-corrected chi connectivity index (χ0v) is 14.7. The van der Waals surface area contributed by atoms with Gasteiger partial charge >= 0.3 is 5.97 Å². The van der Waals surface area contributed by atoms with Gasteiger partial charge in [-0.15, -0.1) is 0 Å². The van der Waals surface area contributed by atoms with Crippen LogP contribution in [0.3, 0.4) is 0 Å². The number of esters is 1. The standard InChI is InChI=1S/C18H24N2O4/c1-13(21)24-15-7-5-6-14(12-15)16(22)19-8-10-20(11-9-19)17(23)18(2,3)4/h5-7,12H,8-11H2,1-4H3. The third-order valence-electron chi connectivity index (χ3n) is 3.84. The van der Waals surface area contributed by atoms with E-state index in [0.717, 1.165) is 0 Å². The molecule has 0 N–H and O–H groups in total. The lowest BCUT2D eigenvalue weighted by Gasteiger charge is -2.37. The predicted octanol–water partition coefficient (Wildman–Crippen LogP) is 1.94. The molecule has 24 heavy (non-hydrogen) atoms. The molecular weight excluding hydrogens is 308 g/mol. The summed E-state index contributed by atoms with van der Waals surface area (Å²) in [6, 6.07) is 6.58. The normalized spacial score (nSPS) is 15.2. The Balaban J connectivity index is 2.00. The molecule has 0 bridgehead atoms. The summed E-state index contributed by atoms with van der Waals surface area (Å²) in [7, 11) is 0. The number of carbonyl (C=O) groups is 3. The molecule has 0 radical (unpaired) electrons. The van der Waals surface area contributed by atoms with Crippen LogP contribution in [-0.4, -0.2) is 53.8 Å². The van der Waals surface area contributed by atoms with Crippen LogP contribution in [0.1, 0.15) is 38.1 Å². The highest BCUT2D eigenvalue weighted by atomic mass is 16.5. The SMILES string of the molecule is CC(=O)Oc1cccc(C(=O)N2CCN(C(=O)C(C)(C)C)CC2)c1. The van der Waals surface area contributed by atoms with Crippen molar-refractivity contribution in [1.82, 2.24) is 9.80 Å². The quantitative estimate of drug-likeness (QED) is 0.613. The maximum Gasteiger partial charge on any atom is 0.308 e.